The minimum Gasteiger partial charge on any atom is -0.741 e. The van der Waals surface area contributed by atoms with Crippen LogP contribution in [0.2, 0.25) is 0 Å². The second-order valence-corrected chi connectivity index (χ2v) is 6.81. The van der Waals surface area contributed by atoms with Crippen LogP contribution in [0.5, 0.6) is 0 Å². The van der Waals surface area contributed by atoms with Crippen molar-refractivity contribution >= 4 is 30.4 Å². The Kier molecular flexibility index (Phi) is 13.4. The van der Waals surface area contributed by atoms with Crippen molar-refractivity contribution in [1.82, 2.24) is 0 Å². The summed E-state index contributed by atoms with van der Waals surface area (Å²) in [6, 6.07) is 0. The molecule has 25 heavy (non-hydrogen) atoms. The average Bonchev–Trinajstić information content (AvgIpc) is 2.08. The summed E-state index contributed by atoms with van der Waals surface area (Å²) in [7, 11) is -18.3. The second-order valence-electron chi connectivity index (χ2n) is 2.70. The Morgan fingerprint density at radius 2 is 0.480 bits per heavy atom. The number of hydrogen-bond donors (Lipinski definition) is 0. The molecule has 0 spiro atoms. The van der Waals surface area contributed by atoms with Crippen LogP contribution in [0.4, 0.5) is 39.5 Å². The first-order valence-corrected chi connectivity index (χ1v) is 8.04. The molecule has 0 amide bonds. The average molecular weight is 598 g/mol. The van der Waals surface area contributed by atoms with Gasteiger partial charge in [0.15, 0.2) is 30.4 Å². The summed E-state index contributed by atoms with van der Waals surface area (Å²) in [5.74, 6) is 0. The predicted molar refractivity (Wildman–Crippen MR) is 47.3 cm³/mol. The maximum Gasteiger partial charge on any atom is 3.00 e. The molecule has 0 saturated heterocycles. The van der Waals surface area contributed by atoms with Crippen LogP contribution in [0.3, 0.4) is 0 Å². The molecule has 153 valence electrons. The van der Waals surface area contributed by atoms with E-state index in [9.17, 15) is 39.5 Å². The van der Waals surface area contributed by atoms with Crippen molar-refractivity contribution < 1.29 is 119 Å². The molecule has 1 radical (unpaired) electrons. The van der Waals surface area contributed by atoms with Crippen molar-refractivity contribution in [3.63, 3.8) is 0 Å². The first kappa shape index (κ1) is 33.1. The van der Waals surface area contributed by atoms with Gasteiger partial charge in [-0.1, -0.05) is 0 Å². The quantitative estimate of drug-likeness (QED) is 0.214. The van der Waals surface area contributed by atoms with Gasteiger partial charge in [0, 0.05) is 0 Å². The summed E-state index contributed by atoms with van der Waals surface area (Å²) in [6.07, 6.45) is 0. The molecule has 0 aliphatic carbocycles. The van der Waals surface area contributed by atoms with Gasteiger partial charge in [0.1, 0.15) is 0 Å². The summed E-state index contributed by atoms with van der Waals surface area (Å²) in [5.41, 5.74) is -16.9. The normalized spacial score (nSPS) is 13.4. The predicted octanol–water partition coefficient (Wildman–Crippen LogP) is 0.154. The molecule has 0 aromatic carbocycles. The number of rotatable bonds is 0. The molecule has 0 atom stereocenters. The Bertz CT molecular complexity index is 596. The smallest absolute Gasteiger partial charge is 0.741 e. The monoisotopic (exact) mass is 599 g/mol. The molecular formula is C3F9O9S3Sm. The summed E-state index contributed by atoms with van der Waals surface area (Å²) in [6.45, 7) is 0. The molecule has 0 fully saturated rings. The van der Waals surface area contributed by atoms with Crippen LogP contribution in [-0.4, -0.2) is 55.4 Å². The zero-order valence-electron chi connectivity index (χ0n) is 10.2. The van der Waals surface area contributed by atoms with E-state index in [0.717, 1.165) is 0 Å². The zero-order valence-corrected chi connectivity index (χ0v) is 15.3. The minimum absolute atomic E-state index is 0. The summed E-state index contributed by atoms with van der Waals surface area (Å²) < 4.78 is 177. The van der Waals surface area contributed by atoms with Crippen LogP contribution in [-0.2, 0) is 30.4 Å². The Morgan fingerprint density at radius 1 is 0.440 bits per heavy atom. The molecule has 0 saturated carbocycles. The molecule has 22 heteroatoms. The summed E-state index contributed by atoms with van der Waals surface area (Å²) >= 11 is 0. The Morgan fingerprint density at radius 3 is 0.480 bits per heavy atom. The van der Waals surface area contributed by atoms with Crippen LogP contribution < -0.4 is 0 Å². The fourth-order valence-corrected chi connectivity index (χ4v) is 0. The number of hydrogen-bond acceptors (Lipinski definition) is 9. The van der Waals surface area contributed by atoms with Gasteiger partial charge in [0.05, 0.1) is 0 Å². The fraction of sp³-hybridized carbons (Fsp3) is 1.00. The van der Waals surface area contributed by atoms with Gasteiger partial charge >= 0.3 is 56.9 Å². The molecule has 0 unspecified atom stereocenters. The van der Waals surface area contributed by atoms with E-state index in [-0.39, 0.29) is 40.4 Å². The first-order chi connectivity index (χ1) is 9.75. The summed E-state index contributed by atoms with van der Waals surface area (Å²) in [5, 5.41) is 0. The van der Waals surface area contributed by atoms with E-state index in [1.165, 1.54) is 0 Å². The van der Waals surface area contributed by atoms with E-state index in [1.807, 2.05) is 0 Å². The molecule has 9 nitrogen and oxygen atoms in total. The van der Waals surface area contributed by atoms with Crippen molar-refractivity contribution in [3.8, 4) is 0 Å². The topological polar surface area (TPSA) is 172 Å². The molecule has 0 aromatic rings. The van der Waals surface area contributed by atoms with Crippen molar-refractivity contribution in [2.45, 2.75) is 16.5 Å². The molecule has 0 N–H and O–H groups in total. The largest absolute Gasteiger partial charge is 3.00 e. The Hall–Kier alpha value is 0.438. The molecule has 0 aliphatic rings. The van der Waals surface area contributed by atoms with Crippen LogP contribution in [0.25, 0.3) is 0 Å². The van der Waals surface area contributed by atoms with Gasteiger partial charge in [-0.25, -0.2) is 25.3 Å². The fourth-order valence-electron chi connectivity index (χ4n) is 0. The van der Waals surface area contributed by atoms with Crippen LogP contribution in [0, 0.1) is 40.4 Å². The van der Waals surface area contributed by atoms with Crippen LogP contribution >= 0.6 is 0 Å². The van der Waals surface area contributed by atoms with E-state index in [4.69, 9.17) is 38.9 Å². The van der Waals surface area contributed by atoms with Gasteiger partial charge in [0.2, 0.25) is 0 Å². The standard InChI is InChI=1S/3CHF3O3S.Sm/c3*2-1(3,4)8(5,6)7;/h3*(H,5,6,7);/q;;;+3/p-3. The minimum atomic E-state index is -6.09. The molecular weight excluding hydrogens is 598 g/mol. The van der Waals surface area contributed by atoms with Gasteiger partial charge in [-0.3, -0.25) is 0 Å². The number of halogens is 9. The van der Waals surface area contributed by atoms with E-state index in [2.05, 4.69) is 0 Å². The van der Waals surface area contributed by atoms with Crippen molar-refractivity contribution in [1.29, 1.82) is 0 Å². The van der Waals surface area contributed by atoms with Crippen molar-refractivity contribution in [2.24, 2.45) is 0 Å². The third-order valence-corrected chi connectivity index (χ3v) is 2.55. The maximum atomic E-state index is 10.7. The van der Waals surface area contributed by atoms with Gasteiger partial charge in [-0.15, -0.1) is 0 Å². The molecule has 0 rings (SSSR count). The van der Waals surface area contributed by atoms with E-state index < -0.39 is 46.9 Å². The van der Waals surface area contributed by atoms with E-state index in [1.54, 1.807) is 0 Å². The maximum absolute atomic E-state index is 10.7. The first-order valence-electron chi connectivity index (χ1n) is 3.81. The third kappa shape index (κ3) is 16.3. The second kappa shape index (κ2) is 10.1. The van der Waals surface area contributed by atoms with Gasteiger partial charge in [-0.05, 0) is 0 Å². The van der Waals surface area contributed by atoms with Gasteiger partial charge in [0.25, 0.3) is 0 Å². The molecule has 0 bridgehead atoms. The van der Waals surface area contributed by atoms with Crippen LogP contribution in [0.1, 0.15) is 0 Å². The Labute approximate surface area is 164 Å². The van der Waals surface area contributed by atoms with Crippen molar-refractivity contribution in [2.75, 3.05) is 0 Å². The van der Waals surface area contributed by atoms with Crippen LogP contribution in [0.15, 0.2) is 0 Å². The van der Waals surface area contributed by atoms with Gasteiger partial charge in [-0.2, -0.15) is 39.5 Å². The Balaban J connectivity index is -0.000000130. The molecule has 0 heterocycles. The van der Waals surface area contributed by atoms with E-state index >= 15 is 0 Å². The van der Waals surface area contributed by atoms with Crippen molar-refractivity contribution in [3.05, 3.63) is 0 Å². The number of alkyl halides is 9. The summed E-state index contributed by atoms with van der Waals surface area (Å²) in [4.78, 5) is 0. The SMILES string of the molecule is O=S(=O)([O-])C(F)(F)F.O=S(=O)([O-])C(F)(F)F.O=S(=O)([O-])C(F)(F)F.[Sm+3]. The van der Waals surface area contributed by atoms with Gasteiger partial charge < -0.3 is 13.7 Å². The molecule has 0 aliphatic heterocycles. The zero-order chi connectivity index (χ0) is 21.0. The molecule has 0 aromatic heterocycles. The third-order valence-electron chi connectivity index (χ3n) is 0.850. The van der Waals surface area contributed by atoms with E-state index in [0.29, 0.717) is 0 Å².